The first-order valence-corrected chi connectivity index (χ1v) is 8.89. The average Bonchev–Trinajstić information content (AvgIpc) is 2.91. The van der Waals surface area contributed by atoms with E-state index in [4.69, 9.17) is 4.74 Å². The smallest absolute Gasteiger partial charge is 0.341 e. The maximum atomic E-state index is 12.4. The summed E-state index contributed by atoms with van der Waals surface area (Å²) in [7, 11) is 1.56. The van der Waals surface area contributed by atoms with Gasteiger partial charge in [-0.15, -0.1) is 0 Å². The molecule has 0 aromatic carbocycles. The average molecular weight is 370 g/mol. The minimum Gasteiger partial charge on any atom is -0.512 e. The molecule has 2 aliphatic heterocycles. The van der Waals surface area contributed by atoms with Crippen LogP contribution >= 0.6 is 0 Å². The molecular formula is C20H22N2O5. The number of carbonyl (C=O) groups is 1. The molecule has 27 heavy (non-hydrogen) atoms. The Morgan fingerprint density at radius 2 is 2.11 bits per heavy atom. The molecule has 0 unspecified atom stereocenters. The van der Waals surface area contributed by atoms with Crippen LogP contribution in [0, 0.1) is 0 Å². The molecule has 0 radical (unpaired) electrons. The molecule has 0 bridgehead atoms. The minimum atomic E-state index is -1.24. The van der Waals surface area contributed by atoms with Gasteiger partial charge in [-0.1, -0.05) is 0 Å². The normalized spacial score (nSPS) is 20.3. The largest absolute Gasteiger partial charge is 0.512 e. The second kappa shape index (κ2) is 5.85. The summed E-state index contributed by atoms with van der Waals surface area (Å²) in [6, 6.07) is 1.38. The van der Waals surface area contributed by atoms with Crippen LogP contribution in [-0.2, 0) is 4.74 Å². The van der Waals surface area contributed by atoms with Crippen molar-refractivity contribution >= 4 is 11.5 Å². The fourth-order valence-electron chi connectivity index (χ4n) is 4.24. The van der Waals surface area contributed by atoms with E-state index < -0.39 is 11.4 Å². The Morgan fingerprint density at radius 1 is 1.37 bits per heavy atom. The monoisotopic (exact) mass is 370 g/mol. The molecule has 0 atom stereocenters. The molecular weight excluding hydrogens is 348 g/mol. The number of aromatic carboxylic acids is 1. The second-order valence-electron chi connectivity index (χ2n) is 7.78. The van der Waals surface area contributed by atoms with Crippen molar-refractivity contribution in [1.29, 1.82) is 0 Å². The summed E-state index contributed by atoms with van der Waals surface area (Å²) in [6.45, 7) is 4.45. The molecule has 1 aromatic rings. The molecule has 142 valence electrons. The van der Waals surface area contributed by atoms with Crippen LogP contribution in [0.25, 0.3) is 5.57 Å². The standard InChI is InChI=1S/C20H22N2O5/c1-20(2)5-4-15-13-7-17(23)11(10-27-3)6-12(13)16-8-18(24)14(19(25)26)9-21(16)22(15)20/h6,8-9,23H,4-5,7,10H2,1-3H3,(H,25,26). The topological polar surface area (TPSA) is 92.0 Å². The van der Waals surface area contributed by atoms with Crippen molar-refractivity contribution in [3.63, 3.8) is 0 Å². The minimum absolute atomic E-state index is 0.237. The van der Waals surface area contributed by atoms with Crippen molar-refractivity contribution < 1.29 is 19.7 Å². The zero-order valence-corrected chi connectivity index (χ0v) is 15.6. The van der Waals surface area contributed by atoms with E-state index in [1.54, 1.807) is 11.8 Å². The Balaban J connectivity index is 2.02. The molecule has 0 saturated carbocycles. The lowest BCUT2D eigenvalue weighted by Crippen LogP contribution is -2.49. The van der Waals surface area contributed by atoms with Crippen LogP contribution in [0.4, 0.5) is 0 Å². The molecule has 7 nitrogen and oxygen atoms in total. The molecule has 7 heteroatoms. The number of ether oxygens (including phenoxy) is 1. The summed E-state index contributed by atoms with van der Waals surface area (Å²) in [5.74, 6) is -0.968. The van der Waals surface area contributed by atoms with Gasteiger partial charge in [-0.25, -0.2) is 4.79 Å². The van der Waals surface area contributed by atoms with Gasteiger partial charge in [-0.2, -0.15) is 0 Å². The Kier molecular flexibility index (Phi) is 3.82. The molecule has 3 heterocycles. The van der Waals surface area contributed by atoms with Crippen LogP contribution in [0.15, 0.2) is 45.7 Å². The molecule has 3 aliphatic rings. The Morgan fingerprint density at radius 3 is 2.78 bits per heavy atom. The molecule has 4 rings (SSSR count). The lowest BCUT2D eigenvalue weighted by molar-refractivity contribution is 0.0694. The Bertz CT molecular complexity index is 1010. The highest BCUT2D eigenvalue weighted by Gasteiger charge is 2.43. The van der Waals surface area contributed by atoms with E-state index in [0.29, 0.717) is 17.7 Å². The first-order chi connectivity index (χ1) is 12.7. The number of methoxy groups -OCH3 is 1. The van der Waals surface area contributed by atoms with Gasteiger partial charge in [0.15, 0.2) is 5.43 Å². The predicted octanol–water partition coefficient (Wildman–Crippen LogP) is 2.57. The summed E-state index contributed by atoms with van der Waals surface area (Å²) in [5, 5.41) is 21.9. The second-order valence-corrected chi connectivity index (χ2v) is 7.78. The molecule has 0 amide bonds. The van der Waals surface area contributed by atoms with Gasteiger partial charge in [0.2, 0.25) is 0 Å². The maximum Gasteiger partial charge on any atom is 0.341 e. The Labute approximate surface area is 156 Å². The fraction of sp³-hybridized carbons (Fsp3) is 0.400. The van der Waals surface area contributed by atoms with Gasteiger partial charge < -0.3 is 14.9 Å². The van der Waals surface area contributed by atoms with E-state index in [1.165, 1.54) is 12.3 Å². The van der Waals surface area contributed by atoms with Crippen LogP contribution in [0.1, 0.15) is 49.2 Å². The van der Waals surface area contributed by atoms with Crippen molar-refractivity contribution in [2.75, 3.05) is 18.7 Å². The van der Waals surface area contributed by atoms with Gasteiger partial charge in [-0.05, 0) is 38.3 Å². The Hall–Kier alpha value is -2.80. The number of rotatable bonds is 3. The number of allylic oxidation sites excluding steroid dienone is 3. The van der Waals surface area contributed by atoms with Crippen molar-refractivity contribution in [3.05, 3.63) is 62.4 Å². The molecule has 1 fully saturated rings. The quantitative estimate of drug-likeness (QED) is 0.850. The van der Waals surface area contributed by atoms with E-state index >= 15 is 0 Å². The number of pyridine rings is 1. The summed E-state index contributed by atoms with van der Waals surface area (Å²) in [5.41, 5.74) is 3.18. The SMILES string of the molecule is COCC1=C(O)CC2=C3CCC(C)(C)N3n3cc(C(=O)O)c(=O)cc3C2=C1. The third-order valence-corrected chi connectivity index (χ3v) is 5.56. The van der Waals surface area contributed by atoms with Gasteiger partial charge in [0.25, 0.3) is 0 Å². The first kappa shape index (κ1) is 17.6. The van der Waals surface area contributed by atoms with Crippen molar-refractivity contribution in [3.8, 4) is 0 Å². The molecule has 1 aromatic heterocycles. The number of nitrogens with zero attached hydrogens (tertiary/aromatic N) is 2. The molecule has 1 saturated heterocycles. The fourth-order valence-corrected chi connectivity index (χ4v) is 4.24. The predicted molar refractivity (Wildman–Crippen MR) is 100 cm³/mol. The molecule has 1 aliphatic carbocycles. The number of aliphatic hydroxyl groups is 1. The van der Waals surface area contributed by atoms with Gasteiger partial charge in [-0.3, -0.25) is 14.5 Å². The number of carboxylic acid groups (broad SMARTS) is 1. The van der Waals surface area contributed by atoms with Crippen LogP contribution in [0.3, 0.4) is 0 Å². The van der Waals surface area contributed by atoms with Crippen LogP contribution in [-0.4, -0.2) is 40.1 Å². The number of fused-ring (bicyclic) bond motifs is 5. The zero-order chi connectivity index (χ0) is 19.5. The summed E-state index contributed by atoms with van der Waals surface area (Å²) < 4.78 is 6.97. The van der Waals surface area contributed by atoms with Gasteiger partial charge in [0.1, 0.15) is 11.3 Å². The molecule has 2 N–H and O–H groups in total. The highest BCUT2D eigenvalue weighted by Crippen LogP contribution is 2.47. The van der Waals surface area contributed by atoms with E-state index in [2.05, 4.69) is 18.9 Å². The number of aromatic nitrogens is 1. The van der Waals surface area contributed by atoms with E-state index in [0.717, 1.165) is 29.7 Å². The highest BCUT2D eigenvalue weighted by atomic mass is 16.5. The van der Waals surface area contributed by atoms with Crippen LogP contribution < -0.4 is 10.4 Å². The number of hydrogen-bond acceptors (Lipinski definition) is 5. The van der Waals surface area contributed by atoms with Gasteiger partial charge in [0.05, 0.1) is 17.8 Å². The van der Waals surface area contributed by atoms with Crippen molar-refractivity contribution in [1.82, 2.24) is 4.68 Å². The highest BCUT2D eigenvalue weighted by molar-refractivity contribution is 5.89. The number of aliphatic hydroxyl groups excluding tert-OH is 1. The van der Waals surface area contributed by atoms with Crippen LogP contribution in [0.5, 0.6) is 0 Å². The van der Waals surface area contributed by atoms with Crippen molar-refractivity contribution in [2.24, 2.45) is 0 Å². The lowest BCUT2D eigenvalue weighted by atomic mass is 9.87. The van der Waals surface area contributed by atoms with Crippen LogP contribution in [0.2, 0.25) is 0 Å². The maximum absolute atomic E-state index is 12.4. The molecule has 0 spiro atoms. The summed E-state index contributed by atoms with van der Waals surface area (Å²) in [6.07, 6.45) is 5.35. The van der Waals surface area contributed by atoms with Gasteiger partial charge >= 0.3 is 5.97 Å². The third kappa shape index (κ3) is 2.53. The van der Waals surface area contributed by atoms with E-state index in [1.807, 2.05) is 6.08 Å². The van der Waals surface area contributed by atoms with E-state index in [9.17, 15) is 19.8 Å². The summed E-state index contributed by atoms with van der Waals surface area (Å²) in [4.78, 5) is 23.9. The zero-order valence-electron chi connectivity index (χ0n) is 15.6. The van der Waals surface area contributed by atoms with E-state index in [-0.39, 0.29) is 23.5 Å². The first-order valence-electron chi connectivity index (χ1n) is 8.89. The van der Waals surface area contributed by atoms with Crippen molar-refractivity contribution in [2.45, 2.75) is 38.6 Å². The summed E-state index contributed by atoms with van der Waals surface area (Å²) >= 11 is 0. The third-order valence-electron chi connectivity index (χ3n) is 5.56. The number of hydrogen-bond donors (Lipinski definition) is 2. The lowest BCUT2D eigenvalue weighted by Gasteiger charge is -2.42. The number of carboxylic acids is 1. The van der Waals surface area contributed by atoms with Gasteiger partial charge in [0, 0.05) is 42.6 Å².